The lowest BCUT2D eigenvalue weighted by molar-refractivity contribution is -0.213. The molecule has 130 valence electrons. The summed E-state index contributed by atoms with van der Waals surface area (Å²) in [6.45, 7) is 0. The Labute approximate surface area is 152 Å². The molecule has 2 N–H and O–H groups in total. The molecule has 3 aromatic rings. The molecule has 0 saturated heterocycles. The van der Waals surface area contributed by atoms with Gasteiger partial charge in [-0.1, -0.05) is 78.9 Å². The smallest absolute Gasteiger partial charge is 0.256 e. The number of amides is 1. The van der Waals surface area contributed by atoms with Crippen LogP contribution >= 0.6 is 0 Å². The number of carbonyl (C=O) groups is 1. The fourth-order valence-electron chi connectivity index (χ4n) is 3.85. The fourth-order valence-corrected chi connectivity index (χ4v) is 3.85. The van der Waals surface area contributed by atoms with Crippen LogP contribution in [0.25, 0.3) is 0 Å². The first-order valence-corrected chi connectivity index (χ1v) is 8.44. The summed E-state index contributed by atoms with van der Waals surface area (Å²) in [7, 11) is 1.51. The SMILES string of the molecule is CN1C(=O)c2ccccc2[C@](O)(c2ccccc2)[C@]1(O)c1ccccc1. The fraction of sp³-hybridized carbons (Fsp3) is 0.136. The van der Waals surface area contributed by atoms with Gasteiger partial charge < -0.3 is 15.1 Å². The van der Waals surface area contributed by atoms with Crippen LogP contribution in [0.15, 0.2) is 84.9 Å². The number of benzene rings is 3. The summed E-state index contributed by atoms with van der Waals surface area (Å²) < 4.78 is 0. The van der Waals surface area contributed by atoms with Crippen molar-refractivity contribution in [3.8, 4) is 0 Å². The lowest BCUT2D eigenvalue weighted by atomic mass is 9.69. The van der Waals surface area contributed by atoms with Crippen molar-refractivity contribution < 1.29 is 15.0 Å². The maximum atomic E-state index is 13.0. The Balaban J connectivity index is 2.11. The molecule has 26 heavy (non-hydrogen) atoms. The van der Waals surface area contributed by atoms with Crippen molar-refractivity contribution in [2.45, 2.75) is 11.3 Å². The first-order valence-electron chi connectivity index (χ1n) is 8.44. The van der Waals surface area contributed by atoms with Gasteiger partial charge in [0.05, 0.1) is 0 Å². The molecule has 0 unspecified atom stereocenters. The van der Waals surface area contributed by atoms with E-state index in [1.54, 1.807) is 72.8 Å². The molecule has 0 saturated carbocycles. The highest BCUT2D eigenvalue weighted by atomic mass is 16.4. The third kappa shape index (κ3) is 2.00. The Morgan fingerprint density at radius 1 is 0.731 bits per heavy atom. The minimum absolute atomic E-state index is 0.340. The Morgan fingerprint density at radius 2 is 1.23 bits per heavy atom. The molecule has 0 aromatic heterocycles. The normalized spacial score (nSPS) is 25.0. The molecule has 1 heterocycles. The molecule has 1 aliphatic rings. The largest absolute Gasteiger partial charge is 0.375 e. The van der Waals surface area contributed by atoms with E-state index >= 15 is 0 Å². The zero-order valence-electron chi connectivity index (χ0n) is 14.3. The number of aliphatic hydroxyl groups is 2. The van der Waals surface area contributed by atoms with Crippen LogP contribution in [0.5, 0.6) is 0 Å². The molecule has 4 heteroatoms. The Bertz CT molecular complexity index is 957. The summed E-state index contributed by atoms with van der Waals surface area (Å²) in [6, 6.07) is 24.7. The number of nitrogens with zero attached hydrogens (tertiary/aromatic N) is 1. The van der Waals surface area contributed by atoms with E-state index in [-0.39, 0.29) is 5.91 Å². The minimum atomic E-state index is -1.96. The van der Waals surface area contributed by atoms with Crippen LogP contribution in [0.2, 0.25) is 0 Å². The van der Waals surface area contributed by atoms with E-state index in [1.165, 1.54) is 11.9 Å². The number of hydrogen-bond donors (Lipinski definition) is 2. The highest BCUT2D eigenvalue weighted by molar-refractivity contribution is 5.98. The van der Waals surface area contributed by atoms with Crippen molar-refractivity contribution in [1.82, 2.24) is 4.90 Å². The Hall–Kier alpha value is -2.95. The van der Waals surface area contributed by atoms with Crippen LogP contribution in [0.4, 0.5) is 0 Å². The van der Waals surface area contributed by atoms with Gasteiger partial charge in [0.2, 0.25) is 5.72 Å². The second-order valence-corrected chi connectivity index (χ2v) is 6.52. The molecule has 0 bridgehead atoms. The monoisotopic (exact) mass is 345 g/mol. The van der Waals surface area contributed by atoms with Crippen molar-refractivity contribution in [3.63, 3.8) is 0 Å². The van der Waals surface area contributed by atoms with Crippen molar-refractivity contribution in [1.29, 1.82) is 0 Å². The van der Waals surface area contributed by atoms with Crippen molar-refractivity contribution in [2.24, 2.45) is 0 Å². The molecule has 0 radical (unpaired) electrons. The van der Waals surface area contributed by atoms with Gasteiger partial charge in [0.1, 0.15) is 0 Å². The quantitative estimate of drug-likeness (QED) is 0.751. The molecule has 1 aliphatic heterocycles. The third-order valence-corrected chi connectivity index (χ3v) is 5.21. The highest BCUT2D eigenvalue weighted by Gasteiger charge is 2.61. The van der Waals surface area contributed by atoms with Gasteiger partial charge in [-0.3, -0.25) is 4.79 Å². The number of fused-ring (bicyclic) bond motifs is 1. The average Bonchev–Trinajstić information content (AvgIpc) is 2.72. The zero-order chi connectivity index (χ0) is 18.4. The highest BCUT2D eigenvalue weighted by Crippen LogP contribution is 2.51. The summed E-state index contributed by atoms with van der Waals surface area (Å²) in [6.07, 6.45) is 0. The number of hydrogen-bond acceptors (Lipinski definition) is 3. The maximum absolute atomic E-state index is 13.0. The first-order chi connectivity index (χ1) is 12.5. The molecule has 1 amide bonds. The summed E-state index contributed by atoms with van der Waals surface area (Å²) in [5.41, 5.74) is -2.06. The maximum Gasteiger partial charge on any atom is 0.256 e. The van der Waals surface area contributed by atoms with Gasteiger partial charge in [0.25, 0.3) is 5.91 Å². The van der Waals surface area contributed by atoms with Gasteiger partial charge in [-0.25, -0.2) is 0 Å². The van der Waals surface area contributed by atoms with E-state index in [9.17, 15) is 15.0 Å². The van der Waals surface area contributed by atoms with Crippen LogP contribution < -0.4 is 0 Å². The van der Waals surface area contributed by atoms with E-state index in [0.717, 1.165) is 0 Å². The van der Waals surface area contributed by atoms with Crippen molar-refractivity contribution >= 4 is 5.91 Å². The second kappa shape index (κ2) is 5.80. The summed E-state index contributed by atoms with van der Waals surface area (Å²) in [4.78, 5) is 14.2. The van der Waals surface area contributed by atoms with Crippen LogP contribution in [0.1, 0.15) is 27.0 Å². The second-order valence-electron chi connectivity index (χ2n) is 6.52. The minimum Gasteiger partial charge on any atom is -0.375 e. The van der Waals surface area contributed by atoms with E-state index in [2.05, 4.69) is 0 Å². The first kappa shape index (κ1) is 16.5. The van der Waals surface area contributed by atoms with E-state index < -0.39 is 11.3 Å². The molecule has 0 aliphatic carbocycles. The lowest BCUT2D eigenvalue weighted by Gasteiger charge is -2.52. The van der Waals surface area contributed by atoms with E-state index in [4.69, 9.17) is 0 Å². The van der Waals surface area contributed by atoms with Gasteiger partial charge in [-0.05, 0) is 11.6 Å². The summed E-state index contributed by atoms with van der Waals surface area (Å²) in [5.74, 6) is -0.340. The van der Waals surface area contributed by atoms with Crippen molar-refractivity contribution in [3.05, 3.63) is 107 Å². The molecule has 3 aromatic carbocycles. The van der Waals surface area contributed by atoms with Crippen LogP contribution in [0, 0.1) is 0 Å². The van der Waals surface area contributed by atoms with E-state index in [1.807, 2.05) is 12.1 Å². The zero-order valence-corrected chi connectivity index (χ0v) is 14.3. The van der Waals surface area contributed by atoms with Gasteiger partial charge in [-0.2, -0.15) is 0 Å². The van der Waals surface area contributed by atoms with Gasteiger partial charge in [-0.15, -0.1) is 0 Å². The van der Waals surface area contributed by atoms with Crippen molar-refractivity contribution in [2.75, 3.05) is 7.05 Å². The molecule has 4 rings (SSSR count). The van der Waals surface area contributed by atoms with Gasteiger partial charge in [0.15, 0.2) is 5.60 Å². The Morgan fingerprint density at radius 3 is 1.85 bits per heavy atom. The number of likely N-dealkylation sites (N-methyl/N-ethyl adjacent to an activating group) is 1. The number of carbonyl (C=O) groups excluding carboxylic acids is 1. The standard InChI is InChI=1S/C22H19NO3/c1-23-20(24)18-14-8-9-15-19(18)21(25,16-10-4-2-5-11-16)22(23,26)17-12-6-3-7-13-17/h2-15,25-26H,1H3/t21-,22-/m1/s1. The number of rotatable bonds is 2. The van der Waals surface area contributed by atoms with Gasteiger partial charge >= 0.3 is 0 Å². The van der Waals surface area contributed by atoms with Crippen LogP contribution in [0.3, 0.4) is 0 Å². The average molecular weight is 345 g/mol. The molecule has 0 spiro atoms. The molecular weight excluding hydrogens is 326 g/mol. The third-order valence-electron chi connectivity index (χ3n) is 5.21. The molecule has 0 fully saturated rings. The summed E-state index contributed by atoms with van der Waals surface area (Å²) in [5, 5.41) is 23.9. The van der Waals surface area contributed by atoms with Crippen LogP contribution in [-0.2, 0) is 11.3 Å². The lowest BCUT2D eigenvalue weighted by Crippen LogP contribution is -2.64. The van der Waals surface area contributed by atoms with Gasteiger partial charge in [0, 0.05) is 23.7 Å². The van der Waals surface area contributed by atoms with Crippen LogP contribution in [-0.4, -0.2) is 28.1 Å². The topological polar surface area (TPSA) is 60.8 Å². The Kier molecular flexibility index (Phi) is 3.68. The van der Waals surface area contributed by atoms with E-state index in [0.29, 0.717) is 22.3 Å². The molecule has 2 atom stereocenters. The molecule has 4 nitrogen and oxygen atoms in total. The summed E-state index contributed by atoms with van der Waals surface area (Å²) >= 11 is 0. The molecular formula is C22H19NO3. The predicted molar refractivity (Wildman–Crippen MR) is 98.3 cm³/mol. The predicted octanol–water partition coefficient (Wildman–Crippen LogP) is 2.85.